The van der Waals surface area contributed by atoms with Crippen molar-refractivity contribution in [2.45, 2.75) is 32.2 Å². The molecule has 0 saturated carbocycles. The summed E-state index contributed by atoms with van der Waals surface area (Å²) in [5.41, 5.74) is 1.70. The summed E-state index contributed by atoms with van der Waals surface area (Å²) < 4.78 is 120. The van der Waals surface area contributed by atoms with E-state index in [4.69, 9.17) is 17.1 Å². The molecule has 0 radical (unpaired) electrons. The molecular formula is C33H36F2N4O2. The number of aliphatic imine (C=N–C) groups is 1. The Morgan fingerprint density at radius 2 is 1.83 bits per heavy atom. The van der Waals surface area contributed by atoms with Gasteiger partial charge in [0.25, 0.3) is 5.91 Å². The molecule has 3 aliphatic heterocycles. The molecular weight excluding hydrogens is 522 g/mol. The molecule has 6 rings (SSSR count). The van der Waals surface area contributed by atoms with E-state index in [2.05, 4.69) is 10.3 Å². The first-order valence-electron chi connectivity index (χ1n) is 18.5. The number of amides is 1. The SMILES string of the molecule is [2H]c1cc(C(=O)NC2=NCc3ccc(Cc4cc(F)cc(F)c4)cc32)c(CC2CCOCC2)c([2H])c1N1C([2H])([2H])C([2H])([2H])N(C)C([2H])([2H])C1([2H])[2H]. The maximum absolute atomic E-state index is 14.1. The van der Waals surface area contributed by atoms with Crippen LogP contribution in [0.5, 0.6) is 0 Å². The topological polar surface area (TPSA) is 57.2 Å². The summed E-state index contributed by atoms with van der Waals surface area (Å²) in [7, 11) is 0.925. The van der Waals surface area contributed by atoms with Gasteiger partial charge in [0.15, 0.2) is 0 Å². The van der Waals surface area contributed by atoms with Gasteiger partial charge in [-0.3, -0.25) is 9.79 Å². The van der Waals surface area contributed by atoms with Crippen molar-refractivity contribution in [1.82, 2.24) is 10.2 Å². The highest BCUT2D eigenvalue weighted by Gasteiger charge is 2.24. The molecule has 0 spiro atoms. The molecule has 1 N–H and O–H groups in total. The van der Waals surface area contributed by atoms with Crippen molar-refractivity contribution in [1.29, 1.82) is 0 Å². The van der Waals surface area contributed by atoms with E-state index in [0.717, 1.165) is 24.7 Å². The molecule has 3 aromatic rings. The molecule has 0 atom stereocenters. The van der Waals surface area contributed by atoms with Crippen LogP contribution in [0.4, 0.5) is 14.5 Å². The smallest absolute Gasteiger partial charge is 0.257 e. The standard InChI is InChI=1S/C33H36F2N4O2/c1-38-8-10-39(11-9-38)29-4-5-30(26(19-29)15-22-6-12-41-13-7-22)33(40)37-32-31-18-23(2-3-25(31)21-36-32)14-24-16-27(34)20-28(35)17-24/h2-5,16-20,22H,6-15,21H2,1H3,(H,36,37,40)/i4D,8D2,9D2,10D2,11D2,19D. The Balaban J connectivity index is 1.39. The summed E-state index contributed by atoms with van der Waals surface area (Å²) >= 11 is 0. The number of fused-ring (bicyclic) bond motifs is 1. The number of carbonyl (C=O) groups excluding carboxylic acids is 1. The summed E-state index contributed by atoms with van der Waals surface area (Å²) in [4.78, 5) is 19.1. The van der Waals surface area contributed by atoms with Gasteiger partial charge >= 0.3 is 0 Å². The van der Waals surface area contributed by atoms with E-state index in [9.17, 15) is 14.9 Å². The fourth-order valence-electron chi connectivity index (χ4n) is 5.19. The van der Waals surface area contributed by atoms with Crippen molar-refractivity contribution in [3.05, 3.63) is 99.6 Å². The summed E-state index contributed by atoms with van der Waals surface area (Å²) in [6, 6.07) is 8.39. The highest BCUT2D eigenvalue weighted by Crippen LogP contribution is 2.28. The second-order valence-electron chi connectivity index (χ2n) is 10.3. The van der Waals surface area contributed by atoms with Crippen LogP contribution in [-0.4, -0.2) is 62.9 Å². The first-order valence-corrected chi connectivity index (χ1v) is 13.5. The van der Waals surface area contributed by atoms with E-state index in [-0.39, 0.29) is 47.2 Å². The number of carbonyl (C=O) groups is 1. The van der Waals surface area contributed by atoms with Crippen LogP contribution in [0.15, 0.2) is 59.5 Å². The fourth-order valence-corrected chi connectivity index (χ4v) is 5.19. The minimum absolute atomic E-state index is 0.0535. The normalized spacial score (nSPS) is 26.3. The van der Waals surface area contributed by atoms with Crippen LogP contribution in [0.2, 0.25) is 0 Å². The molecule has 2 fully saturated rings. The van der Waals surface area contributed by atoms with Gasteiger partial charge in [-0.15, -0.1) is 0 Å². The van der Waals surface area contributed by atoms with E-state index in [0.29, 0.717) is 47.6 Å². The molecule has 3 aromatic carbocycles. The number of piperazine rings is 1. The highest BCUT2D eigenvalue weighted by molar-refractivity contribution is 6.14. The van der Waals surface area contributed by atoms with Gasteiger partial charge in [-0.25, -0.2) is 8.78 Å². The molecule has 6 nitrogen and oxygen atoms in total. The molecule has 1 amide bonds. The van der Waals surface area contributed by atoms with E-state index < -0.39 is 61.3 Å². The molecule has 8 heteroatoms. The zero-order valence-electron chi connectivity index (χ0n) is 32.5. The Bertz CT molecular complexity index is 1870. The lowest BCUT2D eigenvalue weighted by atomic mass is 9.89. The van der Waals surface area contributed by atoms with E-state index in [1.807, 2.05) is 0 Å². The Hall–Kier alpha value is -3.62. The molecule has 2 saturated heterocycles. The van der Waals surface area contributed by atoms with Crippen molar-refractivity contribution in [2.75, 3.05) is 51.1 Å². The molecule has 214 valence electrons. The van der Waals surface area contributed by atoms with Crippen molar-refractivity contribution >= 4 is 17.4 Å². The van der Waals surface area contributed by atoms with Gasteiger partial charge < -0.3 is 19.9 Å². The van der Waals surface area contributed by atoms with Gasteiger partial charge in [0.05, 0.1) is 14.8 Å². The van der Waals surface area contributed by atoms with Crippen molar-refractivity contribution in [3.63, 3.8) is 0 Å². The van der Waals surface area contributed by atoms with Crippen LogP contribution >= 0.6 is 0 Å². The van der Waals surface area contributed by atoms with Crippen molar-refractivity contribution in [2.24, 2.45) is 10.9 Å². The van der Waals surface area contributed by atoms with Gasteiger partial charge in [0, 0.05) is 67.6 Å². The zero-order valence-corrected chi connectivity index (χ0v) is 22.5. The molecule has 3 heterocycles. The number of ether oxygens (including phenoxy) is 1. The van der Waals surface area contributed by atoms with Crippen LogP contribution in [-0.2, 0) is 24.1 Å². The van der Waals surface area contributed by atoms with Crippen LogP contribution in [0.1, 0.15) is 64.7 Å². The lowest BCUT2D eigenvalue weighted by Crippen LogP contribution is -2.44. The maximum atomic E-state index is 14.1. The largest absolute Gasteiger partial charge is 0.381 e. The van der Waals surface area contributed by atoms with Gasteiger partial charge in [0.1, 0.15) is 17.5 Å². The number of rotatable bonds is 6. The number of amidine groups is 1. The van der Waals surface area contributed by atoms with Gasteiger partial charge in [-0.05, 0) is 97.3 Å². The summed E-state index contributed by atoms with van der Waals surface area (Å²) in [6.45, 7) is -11.7. The number of hydrogen-bond donors (Lipinski definition) is 1. The van der Waals surface area contributed by atoms with Crippen molar-refractivity contribution < 1.29 is 32.0 Å². The Labute approximate surface area is 254 Å². The predicted molar refractivity (Wildman–Crippen MR) is 157 cm³/mol. The first kappa shape index (κ1) is 18.0. The summed E-state index contributed by atoms with van der Waals surface area (Å²) in [5.74, 6) is -2.07. The molecule has 41 heavy (non-hydrogen) atoms. The number of benzene rings is 3. The Kier molecular flexibility index (Phi) is 5.32. The minimum Gasteiger partial charge on any atom is -0.381 e. The first-order chi connectivity index (χ1) is 23.8. The maximum Gasteiger partial charge on any atom is 0.257 e. The van der Waals surface area contributed by atoms with E-state index in [1.54, 1.807) is 18.2 Å². The second kappa shape index (κ2) is 12.1. The monoisotopic (exact) mass is 568 g/mol. The molecule has 0 bridgehead atoms. The van der Waals surface area contributed by atoms with Gasteiger partial charge in [-0.2, -0.15) is 0 Å². The minimum atomic E-state index is -3.28. The van der Waals surface area contributed by atoms with Crippen LogP contribution < -0.4 is 10.2 Å². The van der Waals surface area contributed by atoms with Gasteiger partial charge in [0.2, 0.25) is 0 Å². The second-order valence-corrected chi connectivity index (χ2v) is 10.3. The average molecular weight is 569 g/mol. The number of anilines is 1. The fraction of sp³-hybridized carbons (Fsp3) is 0.394. The third-order valence-corrected chi connectivity index (χ3v) is 7.31. The average Bonchev–Trinajstić information content (AvgIpc) is 3.44. The Morgan fingerprint density at radius 1 is 1.07 bits per heavy atom. The Morgan fingerprint density at radius 3 is 2.59 bits per heavy atom. The zero-order chi connectivity index (χ0) is 37.3. The number of nitrogens with one attached hydrogen (secondary N) is 1. The van der Waals surface area contributed by atoms with E-state index in [1.165, 1.54) is 12.1 Å². The number of hydrogen-bond acceptors (Lipinski definition) is 5. The number of likely N-dealkylation sites (N-methyl/N-ethyl adjacent to an activating group) is 1. The summed E-state index contributed by atoms with van der Waals surface area (Å²) in [5, 5.41) is 2.77. The third kappa shape index (κ3) is 6.49. The quantitative estimate of drug-likeness (QED) is 0.457. The van der Waals surface area contributed by atoms with E-state index >= 15 is 0 Å². The van der Waals surface area contributed by atoms with Gasteiger partial charge in [-0.1, -0.05) is 12.1 Å². The molecule has 3 aliphatic rings. The molecule has 0 aromatic heterocycles. The lowest BCUT2D eigenvalue weighted by molar-refractivity contribution is 0.0664. The number of halogens is 2. The third-order valence-electron chi connectivity index (χ3n) is 7.31. The highest BCUT2D eigenvalue weighted by atomic mass is 19.1. The van der Waals surface area contributed by atoms with Crippen molar-refractivity contribution in [3.8, 4) is 0 Å². The van der Waals surface area contributed by atoms with Crippen LogP contribution in [0, 0.1) is 17.6 Å². The predicted octanol–water partition coefficient (Wildman–Crippen LogP) is 4.97. The molecule has 0 unspecified atom stereocenters. The molecule has 0 aliphatic carbocycles. The number of nitrogens with zero attached hydrogens (tertiary/aromatic N) is 3. The van der Waals surface area contributed by atoms with Crippen LogP contribution in [0.25, 0.3) is 0 Å². The van der Waals surface area contributed by atoms with Crippen LogP contribution in [0.3, 0.4) is 0 Å². The lowest BCUT2D eigenvalue weighted by Gasteiger charge is -2.34. The summed E-state index contributed by atoms with van der Waals surface area (Å²) in [6.07, 6.45) is 1.43.